The lowest BCUT2D eigenvalue weighted by molar-refractivity contribution is 0.566. The van der Waals surface area contributed by atoms with Crippen molar-refractivity contribution in [2.45, 2.75) is 40.0 Å². The zero-order valence-electron chi connectivity index (χ0n) is 8.90. The van der Waals surface area contributed by atoms with Crippen molar-refractivity contribution in [2.24, 2.45) is 0 Å². The van der Waals surface area contributed by atoms with E-state index < -0.39 is 0 Å². The lowest BCUT2D eigenvalue weighted by atomic mass is 9.90. The van der Waals surface area contributed by atoms with Gasteiger partial charge in [-0.2, -0.15) is 0 Å². The standard InChI is InChI=1S/C11H16ClN/c1-7-6-8(2)13-10(9(7)12)11(3,4)5/h6H,1-5H3. The Kier molecular flexibility index (Phi) is 2.67. The van der Waals surface area contributed by atoms with Crippen LogP contribution in [0.3, 0.4) is 0 Å². The molecule has 0 fully saturated rings. The largest absolute Gasteiger partial charge is 0.256 e. The fraction of sp³-hybridized carbons (Fsp3) is 0.545. The minimum absolute atomic E-state index is 0.0217. The van der Waals surface area contributed by atoms with Crippen LogP contribution in [0, 0.1) is 13.8 Å². The maximum Gasteiger partial charge on any atom is 0.0656 e. The van der Waals surface area contributed by atoms with Gasteiger partial charge >= 0.3 is 0 Å². The first kappa shape index (κ1) is 10.5. The Morgan fingerprint density at radius 1 is 1.23 bits per heavy atom. The van der Waals surface area contributed by atoms with Gasteiger partial charge in [0.1, 0.15) is 0 Å². The minimum atomic E-state index is 0.0217. The SMILES string of the molecule is Cc1cc(C)c(Cl)c(C(C)(C)C)n1. The normalized spacial score (nSPS) is 11.8. The minimum Gasteiger partial charge on any atom is -0.256 e. The van der Waals surface area contributed by atoms with Gasteiger partial charge in [-0.1, -0.05) is 32.4 Å². The number of hydrogen-bond acceptors (Lipinski definition) is 1. The lowest BCUT2D eigenvalue weighted by Gasteiger charge is -2.20. The molecule has 2 heteroatoms. The van der Waals surface area contributed by atoms with Gasteiger partial charge in [-0.3, -0.25) is 4.98 Å². The number of pyridine rings is 1. The third-order valence-corrected chi connectivity index (χ3v) is 2.46. The molecular weight excluding hydrogens is 182 g/mol. The Hall–Kier alpha value is -0.560. The van der Waals surface area contributed by atoms with Crippen molar-refractivity contribution in [3.63, 3.8) is 0 Å². The molecule has 0 atom stereocenters. The van der Waals surface area contributed by atoms with E-state index in [2.05, 4.69) is 25.8 Å². The van der Waals surface area contributed by atoms with Crippen LogP contribution in [0.2, 0.25) is 5.02 Å². The third kappa shape index (κ3) is 2.22. The van der Waals surface area contributed by atoms with Crippen molar-refractivity contribution >= 4 is 11.6 Å². The molecule has 1 heterocycles. The molecule has 0 amide bonds. The van der Waals surface area contributed by atoms with E-state index in [1.165, 1.54) is 0 Å². The summed E-state index contributed by atoms with van der Waals surface area (Å²) < 4.78 is 0. The molecule has 72 valence electrons. The lowest BCUT2D eigenvalue weighted by Crippen LogP contribution is -2.15. The highest BCUT2D eigenvalue weighted by Gasteiger charge is 2.20. The van der Waals surface area contributed by atoms with Crippen LogP contribution in [0.4, 0.5) is 0 Å². The molecule has 1 rings (SSSR count). The van der Waals surface area contributed by atoms with Crippen molar-refractivity contribution in [2.75, 3.05) is 0 Å². The summed E-state index contributed by atoms with van der Waals surface area (Å²) in [5.41, 5.74) is 3.16. The van der Waals surface area contributed by atoms with Gasteiger partial charge in [-0.15, -0.1) is 0 Å². The van der Waals surface area contributed by atoms with E-state index in [0.717, 1.165) is 22.0 Å². The van der Waals surface area contributed by atoms with Crippen LogP contribution in [-0.4, -0.2) is 4.98 Å². The van der Waals surface area contributed by atoms with E-state index >= 15 is 0 Å². The first-order valence-electron chi connectivity index (χ1n) is 4.46. The Morgan fingerprint density at radius 3 is 2.23 bits per heavy atom. The second-order valence-corrected chi connectivity index (χ2v) is 4.87. The quantitative estimate of drug-likeness (QED) is 0.619. The van der Waals surface area contributed by atoms with E-state index in [1.54, 1.807) is 0 Å². The number of halogens is 1. The van der Waals surface area contributed by atoms with E-state index in [-0.39, 0.29) is 5.41 Å². The summed E-state index contributed by atoms with van der Waals surface area (Å²) in [4.78, 5) is 4.47. The number of hydrogen-bond donors (Lipinski definition) is 0. The van der Waals surface area contributed by atoms with Gasteiger partial charge in [-0.05, 0) is 25.5 Å². The zero-order valence-corrected chi connectivity index (χ0v) is 9.66. The molecule has 1 aromatic heterocycles. The number of aromatic nitrogens is 1. The Balaban J connectivity index is 3.37. The van der Waals surface area contributed by atoms with E-state index in [9.17, 15) is 0 Å². The second-order valence-electron chi connectivity index (χ2n) is 4.49. The monoisotopic (exact) mass is 197 g/mol. The topological polar surface area (TPSA) is 12.9 Å². The van der Waals surface area contributed by atoms with Gasteiger partial charge in [0.2, 0.25) is 0 Å². The van der Waals surface area contributed by atoms with Crippen LogP contribution < -0.4 is 0 Å². The average Bonchev–Trinajstić information content (AvgIpc) is 1.94. The fourth-order valence-electron chi connectivity index (χ4n) is 1.32. The smallest absolute Gasteiger partial charge is 0.0656 e. The highest BCUT2D eigenvalue weighted by atomic mass is 35.5. The van der Waals surface area contributed by atoms with Crippen LogP contribution in [0.1, 0.15) is 37.7 Å². The number of aryl methyl sites for hydroxylation is 2. The molecule has 0 unspecified atom stereocenters. The predicted octanol–water partition coefficient (Wildman–Crippen LogP) is 3.65. The molecule has 0 aromatic carbocycles. The highest BCUT2D eigenvalue weighted by Crippen LogP contribution is 2.30. The van der Waals surface area contributed by atoms with Crippen molar-refractivity contribution in [3.8, 4) is 0 Å². The summed E-state index contributed by atoms with van der Waals surface area (Å²) in [6.07, 6.45) is 0. The molecule has 0 saturated heterocycles. The maximum atomic E-state index is 6.19. The van der Waals surface area contributed by atoms with E-state index in [1.807, 2.05) is 19.9 Å². The predicted molar refractivity (Wildman–Crippen MR) is 57.4 cm³/mol. The summed E-state index contributed by atoms with van der Waals surface area (Å²) in [6, 6.07) is 2.01. The van der Waals surface area contributed by atoms with Crippen LogP contribution >= 0.6 is 11.6 Å². The van der Waals surface area contributed by atoms with Gasteiger partial charge in [0.15, 0.2) is 0 Å². The average molecular weight is 198 g/mol. The van der Waals surface area contributed by atoms with Crippen LogP contribution in [0.25, 0.3) is 0 Å². The molecule has 0 spiro atoms. The second kappa shape index (κ2) is 3.30. The van der Waals surface area contributed by atoms with Crippen molar-refractivity contribution < 1.29 is 0 Å². The molecule has 0 saturated carbocycles. The van der Waals surface area contributed by atoms with Crippen LogP contribution in [0.5, 0.6) is 0 Å². The molecule has 0 aliphatic heterocycles. The van der Waals surface area contributed by atoms with Crippen LogP contribution in [-0.2, 0) is 5.41 Å². The molecule has 1 nitrogen and oxygen atoms in total. The summed E-state index contributed by atoms with van der Waals surface area (Å²) in [5.74, 6) is 0. The molecular formula is C11H16ClN. The van der Waals surface area contributed by atoms with Crippen molar-refractivity contribution in [1.82, 2.24) is 4.98 Å². The molecule has 0 aliphatic carbocycles. The number of rotatable bonds is 0. The van der Waals surface area contributed by atoms with Gasteiger partial charge < -0.3 is 0 Å². The van der Waals surface area contributed by atoms with Gasteiger partial charge in [-0.25, -0.2) is 0 Å². The Morgan fingerprint density at radius 2 is 1.77 bits per heavy atom. The molecule has 0 radical (unpaired) electrons. The van der Waals surface area contributed by atoms with E-state index in [0.29, 0.717) is 0 Å². The highest BCUT2D eigenvalue weighted by molar-refractivity contribution is 6.32. The van der Waals surface area contributed by atoms with Gasteiger partial charge in [0, 0.05) is 11.1 Å². The first-order chi connectivity index (χ1) is 5.82. The fourth-order valence-corrected chi connectivity index (χ4v) is 1.70. The molecule has 0 N–H and O–H groups in total. The Bertz CT molecular complexity index is 324. The molecule has 13 heavy (non-hydrogen) atoms. The summed E-state index contributed by atoms with van der Waals surface area (Å²) in [7, 11) is 0. The maximum absolute atomic E-state index is 6.19. The van der Waals surface area contributed by atoms with E-state index in [4.69, 9.17) is 11.6 Å². The summed E-state index contributed by atoms with van der Waals surface area (Å²) in [6.45, 7) is 10.4. The zero-order chi connectivity index (χ0) is 10.2. The van der Waals surface area contributed by atoms with Crippen molar-refractivity contribution in [1.29, 1.82) is 0 Å². The molecule has 0 aliphatic rings. The number of nitrogens with zero attached hydrogens (tertiary/aromatic N) is 1. The summed E-state index contributed by atoms with van der Waals surface area (Å²) >= 11 is 6.19. The van der Waals surface area contributed by atoms with Crippen molar-refractivity contribution in [3.05, 3.63) is 28.0 Å². The summed E-state index contributed by atoms with van der Waals surface area (Å²) in [5, 5.41) is 0.804. The Labute approximate surface area is 85.1 Å². The first-order valence-corrected chi connectivity index (χ1v) is 4.84. The molecule has 0 bridgehead atoms. The molecule has 1 aromatic rings. The van der Waals surface area contributed by atoms with Gasteiger partial charge in [0.05, 0.1) is 10.7 Å². The van der Waals surface area contributed by atoms with Crippen LogP contribution in [0.15, 0.2) is 6.07 Å². The van der Waals surface area contributed by atoms with Gasteiger partial charge in [0.25, 0.3) is 0 Å². The third-order valence-electron chi connectivity index (χ3n) is 1.98.